The lowest BCUT2D eigenvalue weighted by atomic mass is 10.0. The Morgan fingerprint density at radius 2 is 1.86 bits per heavy atom. The van der Waals surface area contributed by atoms with Crippen molar-refractivity contribution in [2.75, 3.05) is 13.1 Å². The lowest BCUT2D eigenvalue weighted by molar-refractivity contribution is 0.263. The van der Waals surface area contributed by atoms with Gasteiger partial charge < -0.3 is 4.98 Å². The molecule has 1 aliphatic heterocycles. The van der Waals surface area contributed by atoms with Gasteiger partial charge in [0.15, 0.2) is 0 Å². The van der Waals surface area contributed by atoms with Crippen LogP contribution in [-0.4, -0.2) is 28.0 Å². The molecule has 0 unspecified atom stereocenters. The normalized spacial score (nSPS) is 17.0. The molecule has 1 saturated heterocycles. The first kappa shape index (κ1) is 14.0. The molecule has 2 heterocycles. The van der Waals surface area contributed by atoms with E-state index >= 15 is 0 Å². The monoisotopic (exact) mass is 283 g/mol. The van der Waals surface area contributed by atoms with Gasteiger partial charge in [-0.1, -0.05) is 24.3 Å². The van der Waals surface area contributed by atoms with Crippen LogP contribution in [0.25, 0.3) is 11.3 Å². The lowest BCUT2D eigenvalue weighted by Gasteiger charge is -2.24. The van der Waals surface area contributed by atoms with Crippen LogP contribution >= 0.6 is 0 Å². The zero-order valence-electron chi connectivity index (χ0n) is 12.6. The van der Waals surface area contributed by atoms with Gasteiger partial charge in [-0.3, -0.25) is 9.69 Å². The van der Waals surface area contributed by atoms with E-state index in [0.717, 1.165) is 11.3 Å². The molecule has 1 N–H and O–H groups in total. The molecule has 0 radical (unpaired) electrons. The van der Waals surface area contributed by atoms with Crippen molar-refractivity contribution >= 4 is 0 Å². The Hall–Kier alpha value is -1.94. The second-order valence-electron chi connectivity index (χ2n) is 5.76. The van der Waals surface area contributed by atoms with Crippen molar-refractivity contribution in [3.05, 3.63) is 52.1 Å². The van der Waals surface area contributed by atoms with Crippen molar-refractivity contribution in [2.24, 2.45) is 0 Å². The van der Waals surface area contributed by atoms with Crippen LogP contribution in [0.3, 0.4) is 0 Å². The summed E-state index contributed by atoms with van der Waals surface area (Å²) in [7, 11) is 0. The quantitative estimate of drug-likeness (QED) is 0.942. The summed E-state index contributed by atoms with van der Waals surface area (Å²) in [5.74, 6) is 0.645. The van der Waals surface area contributed by atoms with Gasteiger partial charge in [-0.2, -0.15) is 0 Å². The molecule has 0 saturated carbocycles. The van der Waals surface area contributed by atoms with E-state index in [0.29, 0.717) is 11.9 Å². The van der Waals surface area contributed by atoms with Crippen LogP contribution < -0.4 is 5.56 Å². The highest BCUT2D eigenvalue weighted by Crippen LogP contribution is 2.26. The second kappa shape index (κ2) is 5.82. The fourth-order valence-electron chi connectivity index (χ4n) is 3.00. The van der Waals surface area contributed by atoms with Crippen molar-refractivity contribution in [1.82, 2.24) is 14.9 Å². The predicted molar refractivity (Wildman–Crippen MR) is 84.3 cm³/mol. The Bertz CT molecular complexity index is 669. The third-order valence-corrected chi connectivity index (χ3v) is 4.24. The highest BCUT2D eigenvalue weighted by atomic mass is 16.1. The summed E-state index contributed by atoms with van der Waals surface area (Å²) >= 11 is 0. The number of nitrogens with zero attached hydrogens (tertiary/aromatic N) is 2. The van der Waals surface area contributed by atoms with Gasteiger partial charge in [0.2, 0.25) is 0 Å². The fourth-order valence-corrected chi connectivity index (χ4v) is 3.00. The zero-order valence-corrected chi connectivity index (χ0v) is 12.6. The molecule has 1 atom stereocenters. The van der Waals surface area contributed by atoms with Crippen LogP contribution in [0, 0.1) is 6.92 Å². The first-order chi connectivity index (χ1) is 10.1. The van der Waals surface area contributed by atoms with E-state index in [9.17, 15) is 4.79 Å². The summed E-state index contributed by atoms with van der Waals surface area (Å²) in [4.78, 5) is 21.1. The minimum atomic E-state index is -0.105. The highest BCUT2D eigenvalue weighted by Gasteiger charge is 2.19. The van der Waals surface area contributed by atoms with Crippen LogP contribution in [0.4, 0.5) is 0 Å². The molecule has 21 heavy (non-hydrogen) atoms. The maximum Gasteiger partial charge on any atom is 0.251 e. The van der Waals surface area contributed by atoms with Crippen molar-refractivity contribution in [2.45, 2.75) is 32.7 Å². The minimum absolute atomic E-state index is 0.105. The standard InChI is InChI=1S/C17H21N3O/c1-12(20-9-3-4-10-20)14-5-7-15(8-6-14)16-11-17(21)19-13(2)18-16/h5-8,11-12H,3-4,9-10H2,1-2H3,(H,18,19,21)/t12-/m0/s1. The van der Waals surface area contributed by atoms with Gasteiger partial charge in [0.1, 0.15) is 5.82 Å². The summed E-state index contributed by atoms with van der Waals surface area (Å²) < 4.78 is 0. The van der Waals surface area contributed by atoms with Crippen LogP contribution in [-0.2, 0) is 0 Å². The van der Waals surface area contributed by atoms with Crippen LogP contribution in [0.5, 0.6) is 0 Å². The van der Waals surface area contributed by atoms with E-state index in [1.54, 1.807) is 13.0 Å². The third-order valence-electron chi connectivity index (χ3n) is 4.24. The molecule has 110 valence electrons. The first-order valence-corrected chi connectivity index (χ1v) is 7.56. The summed E-state index contributed by atoms with van der Waals surface area (Å²) in [6.07, 6.45) is 2.61. The summed E-state index contributed by atoms with van der Waals surface area (Å²) in [6.45, 7) is 6.44. The Balaban J connectivity index is 1.84. The van der Waals surface area contributed by atoms with Crippen molar-refractivity contribution in [1.29, 1.82) is 0 Å². The molecule has 2 aromatic rings. The number of benzene rings is 1. The molecule has 0 amide bonds. The second-order valence-corrected chi connectivity index (χ2v) is 5.76. The number of hydrogen-bond donors (Lipinski definition) is 1. The van der Waals surface area contributed by atoms with Gasteiger partial charge in [-0.05, 0) is 45.3 Å². The van der Waals surface area contributed by atoms with E-state index in [4.69, 9.17) is 0 Å². The first-order valence-electron chi connectivity index (χ1n) is 7.56. The van der Waals surface area contributed by atoms with Crippen LogP contribution in [0.2, 0.25) is 0 Å². The average Bonchev–Trinajstić information content (AvgIpc) is 3.00. The number of likely N-dealkylation sites (tertiary alicyclic amines) is 1. The smallest absolute Gasteiger partial charge is 0.251 e. The topological polar surface area (TPSA) is 49.0 Å². The molecular weight excluding hydrogens is 262 g/mol. The molecule has 1 aromatic heterocycles. The van der Waals surface area contributed by atoms with Crippen LogP contribution in [0.15, 0.2) is 35.1 Å². The van der Waals surface area contributed by atoms with E-state index in [-0.39, 0.29) is 5.56 Å². The molecule has 4 heteroatoms. The Labute approximate surface area is 124 Å². The van der Waals surface area contributed by atoms with E-state index in [1.165, 1.54) is 31.5 Å². The largest absolute Gasteiger partial charge is 0.311 e. The summed E-state index contributed by atoms with van der Waals surface area (Å²) in [6, 6.07) is 10.4. The number of H-pyrrole nitrogens is 1. The number of nitrogens with one attached hydrogen (secondary N) is 1. The third kappa shape index (κ3) is 3.05. The molecule has 3 rings (SSSR count). The van der Waals surface area contributed by atoms with E-state index in [2.05, 4.69) is 46.1 Å². The van der Waals surface area contributed by atoms with E-state index < -0.39 is 0 Å². The molecule has 0 spiro atoms. The maximum absolute atomic E-state index is 11.5. The number of aromatic nitrogens is 2. The molecule has 1 fully saturated rings. The van der Waals surface area contributed by atoms with Gasteiger partial charge >= 0.3 is 0 Å². The van der Waals surface area contributed by atoms with Crippen LogP contribution in [0.1, 0.15) is 37.2 Å². The molecule has 0 aliphatic carbocycles. The molecule has 1 aromatic carbocycles. The van der Waals surface area contributed by atoms with Gasteiger partial charge in [-0.15, -0.1) is 0 Å². The Morgan fingerprint density at radius 3 is 2.48 bits per heavy atom. The number of rotatable bonds is 3. The number of aryl methyl sites for hydroxylation is 1. The predicted octanol–water partition coefficient (Wildman–Crippen LogP) is 2.90. The van der Waals surface area contributed by atoms with Crippen molar-refractivity contribution < 1.29 is 0 Å². The number of hydrogen-bond acceptors (Lipinski definition) is 3. The maximum atomic E-state index is 11.5. The fraction of sp³-hybridized carbons (Fsp3) is 0.412. The van der Waals surface area contributed by atoms with Gasteiger partial charge in [-0.25, -0.2) is 4.98 Å². The Morgan fingerprint density at radius 1 is 1.19 bits per heavy atom. The van der Waals surface area contributed by atoms with Gasteiger partial charge in [0.25, 0.3) is 5.56 Å². The van der Waals surface area contributed by atoms with Gasteiger partial charge in [0.05, 0.1) is 5.69 Å². The van der Waals surface area contributed by atoms with E-state index in [1.807, 2.05) is 0 Å². The molecular formula is C17H21N3O. The summed E-state index contributed by atoms with van der Waals surface area (Å²) in [5.41, 5.74) is 2.94. The average molecular weight is 283 g/mol. The van der Waals surface area contributed by atoms with Gasteiger partial charge in [0, 0.05) is 17.7 Å². The highest BCUT2D eigenvalue weighted by molar-refractivity contribution is 5.59. The minimum Gasteiger partial charge on any atom is -0.311 e. The molecule has 1 aliphatic rings. The van der Waals surface area contributed by atoms with Crippen molar-refractivity contribution in [3.63, 3.8) is 0 Å². The molecule has 0 bridgehead atoms. The Kier molecular flexibility index (Phi) is 3.88. The van der Waals surface area contributed by atoms with Crippen molar-refractivity contribution in [3.8, 4) is 11.3 Å². The lowest BCUT2D eigenvalue weighted by Crippen LogP contribution is -2.23. The SMILES string of the molecule is Cc1nc(-c2ccc([C@H](C)N3CCCC3)cc2)cc(=O)[nH]1. The summed E-state index contributed by atoms with van der Waals surface area (Å²) in [5, 5.41) is 0. The zero-order chi connectivity index (χ0) is 14.8. The number of aromatic amines is 1. The molecule has 4 nitrogen and oxygen atoms in total.